The van der Waals surface area contributed by atoms with Crippen molar-refractivity contribution >= 4 is 23.3 Å². The highest BCUT2D eigenvalue weighted by molar-refractivity contribution is 6.03. The molecule has 1 fully saturated rings. The normalized spacial score (nSPS) is 13.2. The first-order valence-electron chi connectivity index (χ1n) is 11.7. The number of hydrogen-bond acceptors (Lipinski definition) is 6. The molecular formula is C27H21F3N6O2. The fraction of sp³-hybridized carbons (Fsp3) is 0.185. The molecule has 38 heavy (non-hydrogen) atoms. The predicted octanol–water partition coefficient (Wildman–Crippen LogP) is 5.53. The number of hydrogen-bond donors (Lipinski definition) is 2. The minimum Gasteiger partial charge on any atom is -0.321 e. The van der Waals surface area contributed by atoms with E-state index in [1.165, 1.54) is 0 Å². The van der Waals surface area contributed by atoms with E-state index in [0.717, 1.165) is 30.7 Å². The van der Waals surface area contributed by atoms with E-state index in [9.17, 15) is 22.8 Å². The summed E-state index contributed by atoms with van der Waals surface area (Å²) in [6.07, 6.45) is 2.87. The highest BCUT2D eigenvalue weighted by Crippen LogP contribution is 2.31. The fourth-order valence-electron chi connectivity index (χ4n) is 3.77. The molecule has 0 saturated heterocycles. The molecular weight excluding hydrogens is 497 g/mol. The van der Waals surface area contributed by atoms with Gasteiger partial charge in [-0.05, 0) is 61.7 Å². The third-order valence-electron chi connectivity index (χ3n) is 5.98. The SMILES string of the molecule is Cc1ccc(NC(=O)c2cc(C(F)(F)F)ccn2)cc1-c1cncc(-c2ccnc(NC(=O)C3CC3)c2)n1. The zero-order chi connectivity index (χ0) is 26.9. The Morgan fingerprint density at radius 2 is 1.68 bits per heavy atom. The van der Waals surface area contributed by atoms with Crippen molar-refractivity contribution in [2.75, 3.05) is 10.6 Å². The molecule has 1 aromatic carbocycles. The molecule has 0 radical (unpaired) electrons. The number of halogens is 3. The molecule has 2 N–H and O–H groups in total. The second kappa shape index (κ2) is 10.0. The average molecular weight is 518 g/mol. The maximum atomic E-state index is 13.0. The summed E-state index contributed by atoms with van der Waals surface area (Å²) in [7, 11) is 0. The van der Waals surface area contributed by atoms with Gasteiger partial charge in [0, 0.05) is 35.1 Å². The number of carbonyl (C=O) groups is 2. The monoisotopic (exact) mass is 518 g/mol. The van der Waals surface area contributed by atoms with E-state index in [-0.39, 0.29) is 17.5 Å². The van der Waals surface area contributed by atoms with Crippen LogP contribution in [0.5, 0.6) is 0 Å². The van der Waals surface area contributed by atoms with Gasteiger partial charge in [-0.1, -0.05) is 6.07 Å². The Bertz CT molecular complexity index is 1540. The average Bonchev–Trinajstić information content (AvgIpc) is 3.75. The Hall–Kier alpha value is -4.67. The van der Waals surface area contributed by atoms with Gasteiger partial charge in [0.05, 0.1) is 29.3 Å². The lowest BCUT2D eigenvalue weighted by Gasteiger charge is -2.12. The molecule has 1 saturated carbocycles. The Morgan fingerprint density at radius 1 is 0.921 bits per heavy atom. The first-order valence-corrected chi connectivity index (χ1v) is 11.7. The highest BCUT2D eigenvalue weighted by atomic mass is 19.4. The molecule has 0 unspecified atom stereocenters. The lowest BCUT2D eigenvalue weighted by atomic mass is 10.0. The maximum absolute atomic E-state index is 13.0. The molecule has 0 atom stereocenters. The summed E-state index contributed by atoms with van der Waals surface area (Å²) in [6.45, 7) is 1.86. The first kappa shape index (κ1) is 25.0. The van der Waals surface area contributed by atoms with Gasteiger partial charge >= 0.3 is 6.18 Å². The van der Waals surface area contributed by atoms with Crippen LogP contribution in [-0.4, -0.2) is 31.8 Å². The van der Waals surface area contributed by atoms with Gasteiger partial charge in [-0.15, -0.1) is 0 Å². The predicted molar refractivity (Wildman–Crippen MR) is 134 cm³/mol. The van der Waals surface area contributed by atoms with Gasteiger partial charge in [0.2, 0.25) is 5.91 Å². The van der Waals surface area contributed by atoms with Crippen molar-refractivity contribution < 1.29 is 22.8 Å². The van der Waals surface area contributed by atoms with Crippen LogP contribution in [0.3, 0.4) is 0 Å². The van der Waals surface area contributed by atoms with Gasteiger partial charge in [-0.2, -0.15) is 13.2 Å². The Morgan fingerprint density at radius 3 is 2.45 bits per heavy atom. The van der Waals surface area contributed by atoms with E-state index in [0.29, 0.717) is 40.1 Å². The zero-order valence-corrected chi connectivity index (χ0v) is 20.1. The number of carbonyl (C=O) groups excluding carboxylic acids is 2. The molecule has 0 aliphatic heterocycles. The van der Waals surface area contributed by atoms with E-state index in [4.69, 9.17) is 4.98 Å². The van der Waals surface area contributed by atoms with Gasteiger partial charge in [-0.25, -0.2) is 9.97 Å². The van der Waals surface area contributed by atoms with Gasteiger partial charge in [0.15, 0.2) is 0 Å². The zero-order valence-electron chi connectivity index (χ0n) is 20.1. The molecule has 1 aliphatic rings. The third kappa shape index (κ3) is 5.66. The van der Waals surface area contributed by atoms with Crippen molar-refractivity contribution in [1.29, 1.82) is 0 Å². The summed E-state index contributed by atoms with van der Waals surface area (Å²) in [5, 5.41) is 5.41. The number of alkyl halides is 3. The number of anilines is 2. The molecule has 0 bridgehead atoms. The molecule has 192 valence electrons. The quantitative estimate of drug-likeness (QED) is 0.347. The number of nitrogens with one attached hydrogen (secondary N) is 2. The van der Waals surface area contributed by atoms with Crippen LogP contribution in [0.15, 0.2) is 67.3 Å². The molecule has 3 aromatic heterocycles. The summed E-state index contributed by atoms with van der Waals surface area (Å²) in [5.41, 5.74) is 2.34. The number of rotatable bonds is 6. The Kier molecular flexibility index (Phi) is 6.58. The first-order chi connectivity index (χ1) is 18.2. The van der Waals surface area contributed by atoms with Crippen LogP contribution in [-0.2, 0) is 11.0 Å². The Labute approximate surface area is 215 Å². The van der Waals surface area contributed by atoms with Crippen molar-refractivity contribution in [3.05, 3.63) is 84.1 Å². The lowest BCUT2D eigenvalue weighted by Crippen LogP contribution is -2.15. The molecule has 8 nitrogen and oxygen atoms in total. The summed E-state index contributed by atoms with van der Waals surface area (Å²) >= 11 is 0. The number of aromatic nitrogens is 4. The number of pyridine rings is 2. The maximum Gasteiger partial charge on any atom is 0.416 e. The second-order valence-electron chi connectivity index (χ2n) is 8.89. The van der Waals surface area contributed by atoms with Gasteiger partial charge in [-0.3, -0.25) is 19.6 Å². The van der Waals surface area contributed by atoms with Gasteiger partial charge < -0.3 is 10.6 Å². The van der Waals surface area contributed by atoms with Gasteiger partial charge in [0.1, 0.15) is 11.5 Å². The van der Waals surface area contributed by atoms with Crippen LogP contribution in [0.4, 0.5) is 24.7 Å². The van der Waals surface area contributed by atoms with E-state index < -0.39 is 17.6 Å². The molecule has 11 heteroatoms. The fourth-order valence-corrected chi connectivity index (χ4v) is 3.77. The summed E-state index contributed by atoms with van der Waals surface area (Å²) in [5.74, 6) is -0.355. The van der Waals surface area contributed by atoms with Crippen molar-refractivity contribution in [2.45, 2.75) is 25.9 Å². The smallest absolute Gasteiger partial charge is 0.321 e. The minimum atomic E-state index is -4.59. The summed E-state index contributed by atoms with van der Waals surface area (Å²) in [4.78, 5) is 41.7. The van der Waals surface area contributed by atoms with Crippen LogP contribution in [0, 0.1) is 12.8 Å². The number of nitrogens with zero attached hydrogens (tertiary/aromatic N) is 4. The highest BCUT2D eigenvalue weighted by Gasteiger charge is 2.31. The van der Waals surface area contributed by atoms with Crippen LogP contribution >= 0.6 is 0 Å². The van der Waals surface area contributed by atoms with Crippen molar-refractivity contribution in [3.8, 4) is 22.5 Å². The molecule has 2 amide bonds. The van der Waals surface area contributed by atoms with Crippen LogP contribution < -0.4 is 10.6 Å². The molecule has 1 aliphatic carbocycles. The molecule has 3 heterocycles. The van der Waals surface area contributed by atoms with Crippen LogP contribution in [0.25, 0.3) is 22.5 Å². The van der Waals surface area contributed by atoms with Crippen molar-refractivity contribution in [1.82, 2.24) is 19.9 Å². The van der Waals surface area contributed by atoms with Crippen LogP contribution in [0.2, 0.25) is 0 Å². The Balaban J connectivity index is 1.38. The van der Waals surface area contributed by atoms with E-state index in [2.05, 4.69) is 25.6 Å². The molecule has 4 aromatic rings. The summed E-state index contributed by atoms with van der Waals surface area (Å²) < 4.78 is 39.0. The standard InChI is InChI=1S/C27H21F3N6O2/c1-15-2-5-19(34-26(38)21-11-18(7-9-32-21)27(28,29)30)12-20(15)23-14-31-13-22(35-23)17-6-8-33-24(10-17)36-25(37)16-3-4-16/h2,5-14,16H,3-4H2,1H3,(H,34,38)(H,33,36,37). The van der Waals surface area contributed by atoms with Gasteiger partial charge in [0.25, 0.3) is 5.91 Å². The number of amides is 2. The van der Waals surface area contributed by atoms with E-state index >= 15 is 0 Å². The molecule has 5 rings (SSSR count). The van der Waals surface area contributed by atoms with Crippen molar-refractivity contribution in [2.24, 2.45) is 5.92 Å². The largest absolute Gasteiger partial charge is 0.416 e. The van der Waals surface area contributed by atoms with E-state index in [1.54, 1.807) is 48.9 Å². The van der Waals surface area contributed by atoms with Crippen molar-refractivity contribution in [3.63, 3.8) is 0 Å². The second-order valence-corrected chi connectivity index (χ2v) is 8.89. The lowest BCUT2D eigenvalue weighted by molar-refractivity contribution is -0.137. The minimum absolute atomic E-state index is 0.0451. The number of benzene rings is 1. The summed E-state index contributed by atoms with van der Waals surface area (Å²) in [6, 6.07) is 10.1. The molecule has 0 spiro atoms. The third-order valence-corrected chi connectivity index (χ3v) is 5.98. The number of aryl methyl sites for hydroxylation is 1. The van der Waals surface area contributed by atoms with Crippen LogP contribution in [0.1, 0.15) is 34.5 Å². The topological polar surface area (TPSA) is 110 Å². The van der Waals surface area contributed by atoms with E-state index in [1.807, 2.05) is 6.92 Å².